The number of aliphatic hydroxyl groups excluding tert-OH is 1. The van der Waals surface area contributed by atoms with Crippen molar-refractivity contribution >= 4 is 11.6 Å². The Bertz CT molecular complexity index is 333. The molecule has 0 saturated carbocycles. The number of halogens is 1. The number of allylic oxidation sites excluding steroid dienone is 1. The minimum absolute atomic E-state index is 0.202. The van der Waals surface area contributed by atoms with Crippen molar-refractivity contribution in [1.29, 1.82) is 0 Å². The molecule has 1 atom stereocenters. The van der Waals surface area contributed by atoms with E-state index in [2.05, 4.69) is 12.6 Å². The highest BCUT2D eigenvalue weighted by atomic mass is 35.5. The number of hydrogen-bond donors (Lipinski definition) is 1. The second-order valence-electron chi connectivity index (χ2n) is 3.86. The first-order valence-electron chi connectivity index (χ1n) is 5.14. The molecule has 0 spiro atoms. The maximum absolute atomic E-state index is 9.17. The molecule has 15 heavy (non-hydrogen) atoms. The van der Waals surface area contributed by atoms with Gasteiger partial charge in [-0.15, -0.1) is 6.58 Å². The zero-order valence-corrected chi connectivity index (χ0v) is 9.80. The third-order valence-corrected chi connectivity index (χ3v) is 2.93. The first-order chi connectivity index (χ1) is 7.17. The van der Waals surface area contributed by atoms with Crippen LogP contribution >= 0.6 is 11.6 Å². The van der Waals surface area contributed by atoms with Crippen LogP contribution in [-0.2, 0) is 6.42 Å². The van der Waals surface area contributed by atoms with Crippen LogP contribution in [0.25, 0.3) is 0 Å². The van der Waals surface area contributed by atoms with Gasteiger partial charge in [0.25, 0.3) is 0 Å². The maximum Gasteiger partial charge on any atom is 0.0465 e. The third-order valence-electron chi connectivity index (χ3n) is 2.50. The highest BCUT2D eigenvalue weighted by Crippen LogP contribution is 2.19. The Labute approximate surface area is 96.4 Å². The lowest BCUT2D eigenvalue weighted by atomic mass is 9.96. The quantitative estimate of drug-likeness (QED) is 0.761. The highest BCUT2D eigenvalue weighted by Gasteiger charge is 2.07. The molecular formula is C13H17ClO. The van der Waals surface area contributed by atoms with Gasteiger partial charge in [0.15, 0.2) is 0 Å². The molecule has 0 fully saturated rings. The topological polar surface area (TPSA) is 20.2 Å². The van der Waals surface area contributed by atoms with E-state index in [0.717, 1.165) is 23.4 Å². The molecule has 0 saturated heterocycles. The van der Waals surface area contributed by atoms with Crippen molar-refractivity contribution in [3.05, 3.63) is 47.0 Å². The van der Waals surface area contributed by atoms with Crippen LogP contribution in [0, 0.1) is 12.8 Å². The predicted molar refractivity (Wildman–Crippen MR) is 65.3 cm³/mol. The summed E-state index contributed by atoms with van der Waals surface area (Å²) in [5.41, 5.74) is 2.31. The Morgan fingerprint density at radius 3 is 2.80 bits per heavy atom. The summed E-state index contributed by atoms with van der Waals surface area (Å²) in [5.74, 6) is 0.267. The third kappa shape index (κ3) is 3.69. The molecule has 1 nitrogen and oxygen atoms in total. The van der Waals surface area contributed by atoms with E-state index in [-0.39, 0.29) is 12.5 Å². The van der Waals surface area contributed by atoms with E-state index in [1.807, 2.05) is 25.1 Å². The minimum Gasteiger partial charge on any atom is -0.396 e. The molecular weight excluding hydrogens is 208 g/mol. The Kier molecular flexibility index (Phi) is 4.86. The smallest absolute Gasteiger partial charge is 0.0465 e. The molecule has 1 unspecified atom stereocenters. The average molecular weight is 225 g/mol. The zero-order chi connectivity index (χ0) is 11.3. The molecule has 1 N–H and O–H groups in total. The van der Waals surface area contributed by atoms with Crippen LogP contribution in [0.2, 0.25) is 5.02 Å². The lowest BCUT2D eigenvalue weighted by molar-refractivity contribution is 0.227. The number of hydrogen-bond acceptors (Lipinski definition) is 1. The normalized spacial score (nSPS) is 12.5. The largest absolute Gasteiger partial charge is 0.396 e. The van der Waals surface area contributed by atoms with Crippen molar-refractivity contribution in [3.63, 3.8) is 0 Å². The van der Waals surface area contributed by atoms with Gasteiger partial charge in [0, 0.05) is 11.6 Å². The fourth-order valence-corrected chi connectivity index (χ4v) is 1.74. The summed E-state index contributed by atoms with van der Waals surface area (Å²) in [6, 6.07) is 6.00. The molecule has 0 aromatic heterocycles. The van der Waals surface area contributed by atoms with E-state index in [1.54, 1.807) is 0 Å². The fourth-order valence-electron chi connectivity index (χ4n) is 1.63. The second-order valence-corrected chi connectivity index (χ2v) is 4.27. The van der Waals surface area contributed by atoms with Crippen molar-refractivity contribution in [3.8, 4) is 0 Å². The van der Waals surface area contributed by atoms with Crippen LogP contribution in [0.15, 0.2) is 30.9 Å². The summed E-state index contributed by atoms with van der Waals surface area (Å²) in [6.07, 6.45) is 3.57. The molecule has 0 aliphatic heterocycles. The van der Waals surface area contributed by atoms with Gasteiger partial charge in [-0.1, -0.05) is 29.8 Å². The van der Waals surface area contributed by atoms with Crippen LogP contribution in [-0.4, -0.2) is 11.7 Å². The monoisotopic (exact) mass is 224 g/mol. The van der Waals surface area contributed by atoms with Crippen molar-refractivity contribution in [2.75, 3.05) is 6.61 Å². The molecule has 0 bridgehead atoms. The van der Waals surface area contributed by atoms with Crippen molar-refractivity contribution in [2.45, 2.75) is 19.8 Å². The van der Waals surface area contributed by atoms with Gasteiger partial charge in [-0.05, 0) is 42.9 Å². The van der Waals surface area contributed by atoms with E-state index in [1.165, 1.54) is 5.56 Å². The molecule has 1 rings (SSSR count). The summed E-state index contributed by atoms with van der Waals surface area (Å²) in [7, 11) is 0. The highest BCUT2D eigenvalue weighted by molar-refractivity contribution is 6.31. The number of benzene rings is 1. The van der Waals surface area contributed by atoms with Crippen LogP contribution in [0.4, 0.5) is 0 Å². The van der Waals surface area contributed by atoms with Gasteiger partial charge in [0.1, 0.15) is 0 Å². The van der Waals surface area contributed by atoms with Crippen LogP contribution < -0.4 is 0 Å². The number of aryl methyl sites for hydroxylation is 1. The first kappa shape index (κ1) is 12.3. The standard InChI is InChI=1S/C13H17ClO/c1-3-4-12(9-15)8-11-5-6-13(14)10(2)7-11/h3,5-7,12,15H,1,4,8-9H2,2H3. The van der Waals surface area contributed by atoms with Crippen molar-refractivity contribution in [2.24, 2.45) is 5.92 Å². The summed E-state index contributed by atoms with van der Waals surface area (Å²) < 4.78 is 0. The van der Waals surface area contributed by atoms with E-state index >= 15 is 0 Å². The van der Waals surface area contributed by atoms with Crippen molar-refractivity contribution in [1.82, 2.24) is 0 Å². The Balaban J connectivity index is 2.70. The summed E-state index contributed by atoms with van der Waals surface area (Å²) in [5, 5.41) is 9.96. The molecule has 0 aliphatic rings. The van der Waals surface area contributed by atoms with Gasteiger partial charge in [-0.25, -0.2) is 0 Å². The molecule has 0 amide bonds. The Morgan fingerprint density at radius 2 is 2.27 bits per heavy atom. The van der Waals surface area contributed by atoms with Crippen LogP contribution in [0.1, 0.15) is 17.5 Å². The first-order valence-corrected chi connectivity index (χ1v) is 5.52. The predicted octanol–water partition coefficient (Wildman–Crippen LogP) is 3.38. The zero-order valence-electron chi connectivity index (χ0n) is 9.04. The van der Waals surface area contributed by atoms with Gasteiger partial charge in [0.05, 0.1) is 0 Å². The van der Waals surface area contributed by atoms with E-state index in [9.17, 15) is 0 Å². The van der Waals surface area contributed by atoms with Gasteiger partial charge >= 0.3 is 0 Å². The summed E-state index contributed by atoms with van der Waals surface area (Å²) in [6.45, 7) is 5.88. The Hall–Kier alpha value is -0.790. The molecule has 2 heteroatoms. The summed E-state index contributed by atoms with van der Waals surface area (Å²) in [4.78, 5) is 0. The number of rotatable bonds is 5. The molecule has 0 aliphatic carbocycles. The average Bonchev–Trinajstić information content (AvgIpc) is 2.23. The fraction of sp³-hybridized carbons (Fsp3) is 0.385. The van der Waals surface area contributed by atoms with E-state index in [4.69, 9.17) is 16.7 Å². The molecule has 0 heterocycles. The lowest BCUT2D eigenvalue weighted by Gasteiger charge is -2.12. The SMILES string of the molecule is C=CCC(CO)Cc1ccc(Cl)c(C)c1. The molecule has 0 radical (unpaired) electrons. The molecule has 82 valence electrons. The molecule has 1 aromatic carbocycles. The lowest BCUT2D eigenvalue weighted by Crippen LogP contribution is -2.08. The van der Waals surface area contributed by atoms with Crippen LogP contribution in [0.5, 0.6) is 0 Å². The van der Waals surface area contributed by atoms with Gasteiger partial charge in [0.2, 0.25) is 0 Å². The molecule has 1 aromatic rings. The van der Waals surface area contributed by atoms with Crippen LogP contribution in [0.3, 0.4) is 0 Å². The van der Waals surface area contributed by atoms with E-state index in [0.29, 0.717) is 0 Å². The maximum atomic E-state index is 9.17. The Morgan fingerprint density at radius 1 is 1.53 bits per heavy atom. The van der Waals surface area contributed by atoms with Crippen molar-refractivity contribution < 1.29 is 5.11 Å². The van der Waals surface area contributed by atoms with Gasteiger partial charge < -0.3 is 5.11 Å². The van der Waals surface area contributed by atoms with Gasteiger partial charge in [-0.3, -0.25) is 0 Å². The van der Waals surface area contributed by atoms with Gasteiger partial charge in [-0.2, -0.15) is 0 Å². The second kappa shape index (κ2) is 5.94. The van der Waals surface area contributed by atoms with E-state index < -0.39 is 0 Å². The minimum atomic E-state index is 0.202. The summed E-state index contributed by atoms with van der Waals surface area (Å²) >= 11 is 5.95. The number of aliphatic hydroxyl groups is 1.